The van der Waals surface area contributed by atoms with Crippen LogP contribution in [0, 0.1) is 12.7 Å². The van der Waals surface area contributed by atoms with Gasteiger partial charge in [-0.3, -0.25) is 0 Å². The SMILES string of the molecule is CCC(Nc1cc(C)ccc1F)c1ccc(Cl)cc1Cl. The first-order chi connectivity index (χ1) is 9.51. The van der Waals surface area contributed by atoms with E-state index in [0.717, 1.165) is 17.5 Å². The van der Waals surface area contributed by atoms with Gasteiger partial charge in [-0.25, -0.2) is 4.39 Å². The molecular formula is C16H16Cl2FN. The molecule has 0 saturated heterocycles. The summed E-state index contributed by atoms with van der Waals surface area (Å²) in [6, 6.07) is 10.3. The highest BCUT2D eigenvalue weighted by molar-refractivity contribution is 6.35. The average Bonchev–Trinajstić information content (AvgIpc) is 2.40. The molecule has 2 rings (SSSR count). The summed E-state index contributed by atoms with van der Waals surface area (Å²) in [5.41, 5.74) is 2.41. The minimum atomic E-state index is -0.265. The van der Waals surface area contributed by atoms with E-state index in [4.69, 9.17) is 23.2 Å². The Kier molecular flexibility index (Phi) is 4.90. The first-order valence-corrected chi connectivity index (χ1v) is 7.24. The monoisotopic (exact) mass is 311 g/mol. The molecule has 2 aromatic carbocycles. The number of rotatable bonds is 4. The van der Waals surface area contributed by atoms with E-state index in [1.54, 1.807) is 24.3 Å². The second-order valence-electron chi connectivity index (χ2n) is 4.75. The van der Waals surface area contributed by atoms with Gasteiger partial charge in [0.15, 0.2) is 0 Å². The summed E-state index contributed by atoms with van der Waals surface area (Å²) in [6.07, 6.45) is 0.786. The van der Waals surface area contributed by atoms with Crippen LogP contribution in [0.25, 0.3) is 0 Å². The maximum Gasteiger partial charge on any atom is 0.146 e. The Labute approximate surface area is 128 Å². The molecule has 1 nitrogen and oxygen atoms in total. The molecule has 0 aromatic heterocycles. The third-order valence-corrected chi connectivity index (χ3v) is 3.76. The molecule has 0 aliphatic carbocycles. The Morgan fingerprint density at radius 3 is 2.55 bits per heavy atom. The molecule has 20 heavy (non-hydrogen) atoms. The normalized spacial score (nSPS) is 12.2. The van der Waals surface area contributed by atoms with Crippen LogP contribution in [0.1, 0.15) is 30.5 Å². The van der Waals surface area contributed by atoms with Gasteiger partial charge in [0.05, 0.1) is 11.7 Å². The molecule has 0 amide bonds. The zero-order valence-corrected chi connectivity index (χ0v) is 12.9. The van der Waals surface area contributed by atoms with E-state index in [1.165, 1.54) is 6.07 Å². The summed E-state index contributed by atoms with van der Waals surface area (Å²) < 4.78 is 13.8. The number of benzene rings is 2. The third kappa shape index (κ3) is 3.44. The highest BCUT2D eigenvalue weighted by atomic mass is 35.5. The van der Waals surface area contributed by atoms with E-state index >= 15 is 0 Å². The Bertz CT molecular complexity index is 613. The lowest BCUT2D eigenvalue weighted by Gasteiger charge is -2.21. The van der Waals surface area contributed by atoms with Crippen molar-refractivity contribution in [2.24, 2.45) is 0 Å². The second-order valence-corrected chi connectivity index (χ2v) is 5.60. The predicted molar refractivity (Wildman–Crippen MR) is 84.3 cm³/mol. The van der Waals surface area contributed by atoms with Gasteiger partial charge < -0.3 is 5.32 Å². The first-order valence-electron chi connectivity index (χ1n) is 6.49. The third-order valence-electron chi connectivity index (χ3n) is 3.20. The summed E-state index contributed by atoms with van der Waals surface area (Å²) in [6.45, 7) is 3.96. The van der Waals surface area contributed by atoms with Gasteiger partial charge in [0.2, 0.25) is 0 Å². The summed E-state index contributed by atoms with van der Waals surface area (Å²) >= 11 is 12.1. The van der Waals surface area contributed by atoms with E-state index < -0.39 is 0 Å². The molecule has 0 fully saturated rings. The van der Waals surface area contributed by atoms with Crippen molar-refractivity contribution in [1.29, 1.82) is 0 Å². The van der Waals surface area contributed by atoms with Gasteiger partial charge in [0.25, 0.3) is 0 Å². The maximum absolute atomic E-state index is 13.8. The molecule has 0 bridgehead atoms. The summed E-state index contributed by atoms with van der Waals surface area (Å²) in [5, 5.41) is 4.39. The van der Waals surface area contributed by atoms with Gasteiger partial charge in [-0.05, 0) is 48.7 Å². The fraction of sp³-hybridized carbons (Fsp3) is 0.250. The summed E-state index contributed by atoms with van der Waals surface area (Å²) in [5.74, 6) is -0.265. The van der Waals surface area contributed by atoms with E-state index in [2.05, 4.69) is 5.32 Å². The fourth-order valence-corrected chi connectivity index (χ4v) is 2.66. The van der Waals surface area contributed by atoms with Gasteiger partial charge >= 0.3 is 0 Å². The Morgan fingerprint density at radius 2 is 1.90 bits per heavy atom. The zero-order valence-electron chi connectivity index (χ0n) is 11.4. The number of halogens is 3. The number of hydrogen-bond donors (Lipinski definition) is 1. The van der Waals surface area contributed by atoms with Gasteiger partial charge in [-0.15, -0.1) is 0 Å². The molecular weight excluding hydrogens is 296 g/mol. The van der Waals surface area contributed by atoms with E-state index in [0.29, 0.717) is 15.7 Å². The molecule has 0 saturated carbocycles. The molecule has 0 heterocycles. The average molecular weight is 312 g/mol. The lowest BCUT2D eigenvalue weighted by atomic mass is 10.0. The minimum absolute atomic E-state index is 0.0592. The van der Waals surface area contributed by atoms with Crippen molar-refractivity contribution in [2.75, 3.05) is 5.32 Å². The predicted octanol–water partition coefficient (Wildman–Crippen LogP) is 6.00. The van der Waals surface area contributed by atoms with E-state index in [-0.39, 0.29) is 11.9 Å². The van der Waals surface area contributed by atoms with Gasteiger partial charge in [-0.1, -0.05) is 42.3 Å². The molecule has 1 unspecified atom stereocenters. The molecule has 2 aromatic rings. The largest absolute Gasteiger partial charge is 0.376 e. The van der Waals surface area contributed by atoms with Crippen molar-refractivity contribution in [3.8, 4) is 0 Å². The molecule has 1 N–H and O–H groups in total. The highest BCUT2D eigenvalue weighted by Gasteiger charge is 2.15. The van der Waals surface area contributed by atoms with Crippen molar-refractivity contribution < 1.29 is 4.39 Å². The van der Waals surface area contributed by atoms with Crippen LogP contribution in [0.2, 0.25) is 10.0 Å². The number of anilines is 1. The zero-order chi connectivity index (χ0) is 14.7. The van der Waals surface area contributed by atoms with Crippen LogP contribution in [0.3, 0.4) is 0 Å². The number of aryl methyl sites for hydroxylation is 1. The van der Waals surface area contributed by atoms with Gasteiger partial charge in [-0.2, -0.15) is 0 Å². The Hall–Kier alpha value is -1.25. The van der Waals surface area contributed by atoms with Crippen LogP contribution < -0.4 is 5.32 Å². The molecule has 0 radical (unpaired) electrons. The minimum Gasteiger partial charge on any atom is -0.376 e. The van der Waals surface area contributed by atoms with Crippen LogP contribution in [-0.2, 0) is 0 Å². The van der Waals surface area contributed by atoms with E-state index in [9.17, 15) is 4.39 Å². The number of nitrogens with one attached hydrogen (secondary N) is 1. The van der Waals surface area contributed by atoms with Crippen molar-refractivity contribution in [2.45, 2.75) is 26.3 Å². The summed E-state index contributed by atoms with van der Waals surface area (Å²) in [4.78, 5) is 0. The van der Waals surface area contributed by atoms with Gasteiger partial charge in [0, 0.05) is 10.0 Å². The van der Waals surface area contributed by atoms with Crippen LogP contribution in [0.4, 0.5) is 10.1 Å². The smallest absolute Gasteiger partial charge is 0.146 e. The van der Waals surface area contributed by atoms with E-state index in [1.807, 2.05) is 19.9 Å². The quantitative estimate of drug-likeness (QED) is 0.729. The van der Waals surface area contributed by atoms with Crippen LogP contribution in [-0.4, -0.2) is 0 Å². The van der Waals surface area contributed by atoms with Crippen molar-refractivity contribution in [3.05, 3.63) is 63.4 Å². The highest BCUT2D eigenvalue weighted by Crippen LogP contribution is 2.31. The molecule has 0 spiro atoms. The lowest BCUT2D eigenvalue weighted by Crippen LogP contribution is -2.11. The molecule has 4 heteroatoms. The fourth-order valence-electron chi connectivity index (χ4n) is 2.12. The van der Waals surface area contributed by atoms with Crippen LogP contribution in [0.5, 0.6) is 0 Å². The van der Waals surface area contributed by atoms with Crippen molar-refractivity contribution in [3.63, 3.8) is 0 Å². The van der Waals surface area contributed by atoms with Gasteiger partial charge in [0.1, 0.15) is 5.82 Å². The molecule has 1 atom stereocenters. The van der Waals surface area contributed by atoms with Crippen molar-refractivity contribution in [1.82, 2.24) is 0 Å². The summed E-state index contributed by atoms with van der Waals surface area (Å²) in [7, 11) is 0. The van der Waals surface area contributed by atoms with Crippen molar-refractivity contribution >= 4 is 28.9 Å². The molecule has 0 aliphatic heterocycles. The topological polar surface area (TPSA) is 12.0 Å². The molecule has 106 valence electrons. The van der Waals surface area contributed by atoms with Crippen LogP contribution in [0.15, 0.2) is 36.4 Å². The second kappa shape index (κ2) is 6.47. The van der Waals surface area contributed by atoms with Crippen LogP contribution >= 0.6 is 23.2 Å². The Morgan fingerprint density at radius 1 is 1.15 bits per heavy atom. The molecule has 0 aliphatic rings. The first kappa shape index (κ1) is 15.1. The number of hydrogen-bond acceptors (Lipinski definition) is 1. The Balaban J connectivity index is 2.31. The standard InChI is InChI=1S/C16H16Cl2FN/c1-3-15(12-6-5-11(17)9-13(12)18)20-16-8-10(2)4-7-14(16)19/h4-9,15,20H,3H2,1-2H3. The maximum atomic E-state index is 13.8. The lowest BCUT2D eigenvalue weighted by molar-refractivity contribution is 0.623.